The third-order valence-corrected chi connectivity index (χ3v) is 18.3. The van der Waals surface area contributed by atoms with Crippen LogP contribution in [0.2, 0.25) is 51.4 Å². The molecule has 4 amide bonds. The number of aryl methyl sites for hydroxylation is 2. The number of rotatable bonds is 16. The summed E-state index contributed by atoms with van der Waals surface area (Å²) in [6.07, 6.45) is 4.60. The van der Waals surface area contributed by atoms with E-state index in [1.165, 1.54) is 12.2 Å². The van der Waals surface area contributed by atoms with Crippen molar-refractivity contribution in [1.82, 2.24) is 10.6 Å². The molecule has 0 atom stereocenters. The van der Waals surface area contributed by atoms with Crippen LogP contribution in [0, 0.1) is 13.8 Å². The number of hydrogen-bond acceptors (Lipinski definition) is 8. The van der Waals surface area contributed by atoms with Crippen molar-refractivity contribution in [1.29, 1.82) is 0 Å². The first-order chi connectivity index (χ1) is 21.0. The Labute approximate surface area is 283 Å². The van der Waals surface area contributed by atoms with Gasteiger partial charge in [0.15, 0.2) is 16.6 Å². The second kappa shape index (κ2) is 19.9. The molecule has 2 aromatic carbocycles. The molecule has 0 aliphatic rings. The molecule has 0 spiro atoms. The lowest BCUT2D eigenvalue weighted by molar-refractivity contribution is 0.251. The van der Waals surface area contributed by atoms with Gasteiger partial charge in [-0.05, 0) is 113 Å². The molecule has 0 radical (unpaired) electrons. The molecule has 0 saturated carbocycles. The molecule has 0 aliphatic carbocycles. The number of carbonyl (C=O) groups excluding carboxylic acids is 4. The minimum Gasteiger partial charge on any atom is -0.437 e. The van der Waals surface area contributed by atoms with Crippen LogP contribution < -0.4 is 21.3 Å². The Morgan fingerprint density at radius 3 is 1.38 bits per heavy atom. The highest BCUT2D eigenvalue weighted by Crippen LogP contribution is 2.26. The molecule has 0 unspecified atom stereocenters. The third kappa shape index (κ3) is 16.6. The summed E-state index contributed by atoms with van der Waals surface area (Å²) in [6, 6.07) is 11.4. The van der Waals surface area contributed by atoms with Crippen molar-refractivity contribution in [2.45, 2.75) is 92.9 Å². The minimum absolute atomic E-state index is 0. The zero-order chi connectivity index (χ0) is 33.7. The Morgan fingerprint density at radius 1 is 0.681 bits per heavy atom. The average Bonchev–Trinajstić information content (AvgIpc) is 2.92. The second-order valence-electron chi connectivity index (χ2n) is 12.5. The van der Waals surface area contributed by atoms with Crippen LogP contribution in [0.15, 0.2) is 46.4 Å². The molecule has 12 nitrogen and oxygen atoms in total. The molecule has 4 N–H and O–H groups in total. The van der Waals surface area contributed by atoms with E-state index in [9.17, 15) is 19.2 Å². The van der Waals surface area contributed by atoms with E-state index in [0.29, 0.717) is 35.8 Å². The van der Waals surface area contributed by atoms with Crippen LogP contribution >= 0.6 is 0 Å². The standard InChI is InChI=1S/C30H46N6O6Si3.2CH4/c1-23-11-13-25(19-27(23)33-21-37)35-29(39)31-15-9-17-43(3,4)41-45(7,8)42-44(5,6)18-10-16-32-30(40)36-26-14-12-24(2)28(20-26)34-22-38;;/h11-14,19-20H,9-10,15-18H2,1-8H3,(H2,31,35,39)(H2,32,36,40);2*1H4. The number of benzene rings is 2. The summed E-state index contributed by atoms with van der Waals surface area (Å²) >= 11 is 0. The molecular weight excluding hydrogens is 649 g/mol. The fourth-order valence-corrected chi connectivity index (χ4v) is 19.0. The number of urea groups is 2. The van der Waals surface area contributed by atoms with Crippen LogP contribution in [0.4, 0.5) is 32.3 Å². The van der Waals surface area contributed by atoms with Gasteiger partial charge in [-0.3, -0.25) is 0 Å². The molecule has 2 aromatic rings. The first-order valence-electron chi connectivity index (χ1n) is 14.9. The quantitative estimate of drug-likeness (QED) is 0.0595. The third-order valence-electron chi connectivity index (χ3n) is 6.79. The maximum absolute atomic E-state index is 12.3. The number of isocyanates is 2. The Hall–Kier alpha value is -3.69. The highest BCUT2D eigenvalue weighted by Gasteiger charge is 2.39. The Kier molecular flexibility index (Phi) is 18.3. The van der Waals surface area contributed by atoms with Gasteiger partial charge in [0.1, 0.15) is 0 Å². The predicted octanol–water partition coefficient (Wildman–Crippen LogP) is 8.38. The van der Waals surface area contributed by atoms with Gasteiger partial charge in [0.05, 0.1) is 11.4 Å². The zero-order valence-electron chi connectivity index (χ0n) is 27.6. The summed E-state index contributed by atoms with van der Waals surface area (Å²) in [5.41, 5.74) is 3.66. The lowest BCUT2D eigenvalue weighted by atomic mass is 10.2. The van der Waals surface area contributed by atoms with E-state index in [1.54, 1.807) is 36.4 Å². The number of nitrogens with zero attached hydrogens (tertiary/aromatic N) is 2. The van der Waals surface area contributed by atoms with Crippen LogP contribution in [0.3, 0.4) is 0 Å². The normalized spacial score (nSPS) is 11.1. The lowest BCUT2D eigenvalue weighted by Crippen LogP contribution is -2.52. The van der Waals surface area contributed by atoms with Crippen molar-refractivity contribution in [2.24, 2.45) is 9.98 Å². The summed E-state index contributed by atoms with van der Waals surface area (Å²) in [7, 11) is -6.55. The smallest absolute Gasteiger partial charge is 0.319 e. The van der Waals surface area contributed by atoms with Crippen LogP contribution in [-0.2, 0) is 17.8 Å². The molecule has 0 fully saturated rings. The maximum atomic E-state index is 12.3. The van der Waals surface area contributed by atoms with Gasteiger partial charge in [-0.15, -0.1) is 0 Å². The van der Waals surface area contributed by atoms with Gasteiger partial charge < -0.3 is 29.5 Å². The van der Waals surface area contributed by atoms with Gasteiger partial charge >= 0.3 is 20.6 Å². The van der Waals surface area contributed by atoms with E-state index in [0.717, 1.165) is 36.1 Å². The van der Waals surface area contributed by atoms with Crippen molar-refractivity contribution in [3.63, 3.8) is 0 Å². The maximum Gasteiger partial charge on any atom is 0.319 e. The van der Waals surface area contributed by atoms with Crippen LogP contribution in [0.5, 0.6) is 0 Å². The molecule has 15 heteroatoms. The number of amides is 4. The Bertz CT molecular complexity index is 1330. The monoisotopic (exact) mass is 702 g/mol. The summed E-state index contributed by atoms with van der Waals surface area (Å²) in [6.45, 7) is 17.5. The molecule has 0 aliphatic heterocycles. The Balaban J connectivity index is 0.0000106. The first-order valence-corrected chi connectivity index (χ1v) is 24.0. The van der Waals surface area contributed by atoms with E-state index >= 15 is 0 Å². The van der Waals surface area contributed by atoms with Gasteiger partial charge in [0, 0.05) is 24.5 Å². The van der Waals surface area contributed by atoms with Gasteiger partial charge in [0.25, 0.3) is 0 Å². The van der Waals surface area contributed by atoms with E-state index in [1.807, 2.05) is 13.8 Å². The van der Waals surface area contributed by atoms with Gasteiger partial charge in [-0.2, -0.15) is 9.98 Å². The van der Waals surface area contributed by atoms with Gasteiger partial charge in [-0.1, -0.05) is 27.0 Å². The molecule has 0 bridgehead atoms. The average molecular weight is 703 g/mol. The van der Waals surface area contributed by atoms with Crippen molar-refractivity contribution in [3.05, 3.63) is 47.5 Å². The fraction of sp³-hybridized carbons (Fsp3) is 0.500. The highest BCUT2D eigenvalue weighted by atomic mass is 28.5. The van der Waals surface area contributed by atoms with Gasteiger partial charge in [-0.25, -0.2) is 19.2 Å². The molecule has 0 aromatic heterocycles. The van der Waals surface area contributed by atoms with Crippen molar-refractivity contribution in [3.8, 4) is 0 Å². The molecule has 260 valence electrons. The van der Waals surface area contributed by atoms with Crippen molar-refractivity contribution >= 4 is 72.2 Å². The molecule has 47 heavy (non-hydrogen) atoms. The number of aliphatic imine (C=N–C) groups is 2. The molecule has 0 saturated heterocycles. The molecular formula is C32H54N6O6Si3. The van der Waals surface area contributed by atoms with Crippen molar-refractivity contribution in [2.75, 3.05) is 23.7 Å². The lowest BCUT2D eigenvalue weighted by Gasteiger charge is -2.38. The summed E-state index contributed by atoms with van der Waals surface area (Å²) in [4.78, 5) is 53.2. The van der Waals surface area contributed by atoms with E-state index < -0.39 is 25.2 Å². The number of carbonyl (C=O) groups is 2. The summed E-state index contributed by atoms with van der Waals surface area (Å²) < 4.78 is 13.3. The zero-order valence-corrected chi connectivity index (χ0v) is 30.6. The van der Waals surface area contributed by atoms with E-state index in [2.05, 4.69) is 70.5 Å². The largest absolute Gasteiger partial charge is 0.437 e. The van der Waals surface area contributed by atoms with E-state index in [-0.39, 0.29) is 26.9 Å². The number of hydrogen-bond donors (Lipinski definition) is 4. The topological polar surface area (TPSA) is 160 Å². The summed E-state index contributed by atoms with van der Waals surface area (Å²) in [5, 5.41) is 11.3. The highest BCUT2D eigenvalue weighted by molar-refractivity contribution is 6.87. The molecule has 0 heterocycles. The minimum atomic E-state index is -2.42. The van der Waals surface area contributed by atoms with E-state index in [4.69, 9.17) is 8.23 Å². The van der Waals surface area contributed by atoms with Crippen LogP contribution in [0.1, 0.15) is 38.8 Å². The second-order valence-corrected chi connectivity index (χ2v) is 25.0. The molecule has 2 rings (SSSR count). The first kappa shape index (κ1) is 43.3. The SMILES string of the molecule is C.C.Cc1ccc(NC(=O)NCCC[Si](C)(C)O[Si](C)(C)O[Si](C)(C)CCCNC(=O)Nc2ccc(C)c(N=C=O)c2)cc1N=C=O. The summed E-state index contributed by atoms with van der Waals surface area (Å²) in [5.74, 6) is 0. The number of anilines is 2. The van der Waals surface area contributed by atoms with Crippen LogP contribution in [-0.4, -0.2) is 62.5 Å². The predicted molar refractivity (Wildman–Crippen MR) is 199 cm³/mol. The van der Waals surface area contributed by atoms with Gasteiger partial charge in [0.2, 0.25) is 12.2 Å². The van der Waals surface area contributed by atoms with Crippen molar-refractivity contribution < 1.29 is 27.4 Å². The fourth-order valence-electron chi connectivity index (χ4n) is 4.95. The Morgan fingerprint density at radius 2 is 1.04 bits per heavy atom. The van der Waals surface area contributed by atoms with Crippen LogP contribution in [0.25, 0.3) is 0 Å². The number of nitrogens with one attached hydrogen (secondary N) is 4.